The molecule has 9 heteroatoms. The molecule has 64 heavy (non-hydrogen) atoms. The first-order valence-electron chi connectivity index (χ1n) is 20.6. The van der Waals surface area contributed by atoms with Crippen LogP contribution in [0.25, 0.3) is 0 Å². The molecule has 0 bridgehead atoms. The van der Waals surface area contributed by atoms with Gasteiger partial charge in [-0.05, 0) is 57.6 Å². The SMILES string of the molecule is C.C.C.CC(=O)C(C)(C)C.CC(=O)C(C)(C)C.CC(C)(C)C(=O)C(F)(F)F.CC(C)(C)C(=O)OCc1ccccc1.CC(C)(C)C(=O)c1ccccc1.CC(C)(C)Cc1ccccc1. The number of Topliss-reactive ketones (excluding diaryl/α,β-unsaturated/α-hetero) is 4. The third-order valence-electron chi connectivity index (χ3n) is 8.17. The summed E-state index contributed by atoms with van der Waals surface area (Å²) in [5, 5.41) is 0. The Morgan fingerprint density at radius 2 is 0.734 bits per heavy atom. The Hall–Kier alpha value is -4.40. The van der Waals surface area contributed by atoms with E-state index >= 15 is 0 Å². The lowest BCUT2D eigenvalue weighted by Crippen LogP contribution is -2.34. The van der Waals surface area contributed by atoms with Crippen LogP contribution in [-0.4, -0.2) is 35.3 Å². The molecular weight excluding hydrogens is 814 g/mol. The summed E-state index contributed by atoms with van der Waals surface area (Å²) in [6.07, 6.45) is -3.54. The third kappa shape index (κ3) is 38.1. The van der Waals surface area contributed by atoms with Gasteiger partial charge in [-0.2, -0.15) is 13.2 Å². The molecule has 3 aromatic rings. The van der Waals surface area contributed by atoms with Gasteiger partial charge in [0.25, 0.3) is 0 Å². The summed E-state index contributed by atoms with van der Waals surface area (Å²) in [6, 6.07) is 29.7. The quantitative estimate of drug-likeness (QED) is 0.191. The van der Waals surface area contributed by atoms with E-state index < -0.39 is 22.8 Å². The number of ether oxygens (including phenoxy) is 1. The van der Waals surface area contributed by atoms with Gasteiger partial charge in [-0.15, -0.1) is 0 Å². The number of rotatable bonds is 4. The molecule has 368 valence electrons. The van der Waals surface area contributed by atoms with Crippen LogP contribution in [0.3, 0.4) is 0 Å². The zero-order valence-electron chi connectivity index (χ0n) is 41.2. The lowest BCUT2D eigenvalue weighted by Gasteiger charge is -2.17. The summed E-state index contributed by atoms with van der Waals surface area (Å²) in [5.74, 6) is -1.16. The fourth-order valence-electron chi connectivity index (χ4n) is 3.60. The molecule has 0 fully saturated rings. The standard InChI is InChI=1S/C12H16O2.C11H14O.C11H16.C6H9F3O.2C6H12O.3CH4/c1-12(2,3)11(13)14-9-10-7-5-4-6-8-10;1-11(2,3)10(12)9-7-5-4-6-8-9;1-11(2,3)9-10-7-5-4-6-8-10;1-5(2,3)4(10)6(7,8)9;2*1-5(7)6(2,3)4;;;/h4-8H,9H2,1-3H3;4-8H,1-3H3;4-8H,9H2,1-3H3;1-3H3;2*1-4H3;3*1H4. The molecule has 0 radical (unpaired) electrons. The maximum Gasteiger partial charge on any atom is 0.450 e. The van der Waals surface area contributed by atoms with E-state index in [9.17, 15) is 37.1 Å². The Morgan fingerprint density at radius 3 is 0.953 bits per heavy atom. The molecule has 3 aromatic carbocycles. The molecule has 0 saturated carbocycles. The van der Waals surface area contributed by atoms with Crippen molar-refractivity contribution in [3.63, 3.8) is 0 Å². The highest BCUT2D eigenvalue weighted by Crippen LogP contribution is 2.28. The van der Waals surface area contributed by atoms with Crippen molar-refractivity contribution in [1.82, 2.24) is 0 Å². The van der Waals surface area contributed by atoms with Crippen molar-refractivity contribution in [1.29, 1.82) is 0 Å². The summed E-state index contributed by atoms with van der Waals surface area (Å²) in [4.78, 5) is 54.4. The normalized spacial score (nSPS) is 11.1. The van der Waals surface area contributed by atoms with Crippen molar-refractivity contribution in [2.45, 2.75) is 180 Å². The highest BCUT2D eigenvalue weighted by molar-refractivity contribution is 5.99. The first kappa shape index (κ1) is 71.2. The van der Waals surface area contributed by atoms with Crippen molar-refractivity contribution in [3.8, 4) is 0 Å². The number of hydrogen-bond donors (Lipinski definition) is 0. The number of carbonyl (C=O) groups is 5. The topological polar surface area (TPSA) is 94.6 Å². The van der Waals surface area contributed by atoms with Gasteiger partial charge >= 0.3 is 12.1 Å². The summed E-state index contributed by atoms with van der Waals surface area (Å²) >= 11 is 0. The van der Waals surface area contributed by atoms with Crippen molar-refractivity contribution >= 4 is 29.1 Å². The minimum absolute atomic E-state index is 0. The molecule has 0 unspecified atom stereocenters. The first-order valence-corrected chi connectivity index (χ1v) is 20.6. The van der Waals surface area contributed by atoms with E-state index in [0.29, 0.717) is 12.0 Å². The first-order chi connectivity index (χ1) is 27.1. The van der Waals surface area contributed by atoms with Crippen LogP contribution >= 0.6 is 0 Å². The maximum atomic E-state index is 11.7. The molecule has 6 nitrogen and oxygen atoms in total. The van der Waals surface area contributed by atoms with Gasteiger partial charge in [0, 0.05) is 27.2 Å². The van der Waals surface area contributed by atoms with Crippen LogP contribution < -0.4 is 0 Å². The Balaban J connectivity index is -0.000000159. The van der Waals surface area contributed by atoms with Crippen LogP contribution in [0.4, 0.5) is 13.2 Å². The number of benzene rings is 3. The van der Waals surface area contributed by atoms with Crippen molar-refractivity contribution in [3.05, 3.63) is 108 Å². The van der Waals surface area contributed by atoms with Gasteiger partial charge in [0.1, 0.15) is 18.2 Å². The van der Waals surface area contributed by atoms with Gasteiger partial charge in [0.05, 0.1) is 5.41 Å². The number of carbonyl (C=O) groups excluding carboxylic acids is 5. The Kier molecular flexibility index (Phi) is 34.2. The molecule has 0 spiro atoms. The summed E-state index contributed by atoms with van der Waals surface area (Å²) in [6.45, 7) is 36.9. The van der Waals surface area contributed by atoms with Crippen molar-refractivity contribution in [2.75, 3.05) is 0 Å². The number of ketones is 4. The number of halogens is 3. The molecule has 0 saturated heterocycles. The monoisotopic (exact) mass is 905 g/mol. The Labute approximate surface area is 390 Å². The number of hydrogen-bond acceptors (Lipinski definition) is 6. The smallest absolute Gasteiger partial charge is 0.450 e. The lowest BCUT2D eigenvalue weighted by molar-refractivity contribution is -0.179. The second kappa shape index (κ2) is 30.7. The largest absolute Gasteiger partial charge is 0.460 e. The van der Waals surface area contributed by atoms with Gasteiger partial charge in [-0.1, -0.05) is 217 Å². The second-order valence-electron chi connectivity index (χ2n) is 21.2. The zero-order valence-corrected chi connectivity index (χ0v) is 41.2. The van der Waals surface area contributed by atoms with E-state index in [1.807, 2.05) is 144 Å². The maximum absolute atomic E-state index is 11.7. The van der Waals surface area contributed by atoms with E-state index in [4.69, 9.17) is 4.74 Å². The molecule has 0 amide bonds. The fourth-order valence-corrected chi connectivity index (χ4v) is 3.60. The van der Waals surface area contributed by atoms with Crippen LogP contribution in [0.15, 0.2) is 91.0 Å². The highest BCUT2D eigenvalue weighted by Gasteiger charge is 2.45. The summed E-state index contributed by atoms with van der Waals surface area (Å²) < 4.78 is 39.9. The van der Waals surface area contributed by atoms with Gasteiger partial charge in [0.2, 0.25) is 5.78 Å². The van der Waals surface area contributed by atoms with Crippen LogP contribution in [0.1, 0.15) is 182 Å². The molecule has 0 aliphatic heterocycles. The molecule has 3 rings (SSSR count). The second-order valence-corrected chi connectivity index (χ2v) is 21.2. The van der Waals surface area contributed by atoms with Gasteiger partial charge in [-0.3, -0.25) is 24.0 Å². The zero-order chi connectivity index (χ0) is 48.8. The minimum Gasteiger partial charge on any atom is -0.460 e. The van der Waals surface area contributed by atoms with Crippen LogP contribution in [0, 0.1) is 32.5 Å². The van der Waals surface area contributed by atoms with Crippen LogP contribution in [0.5, 0.6) is 0 Å². The van der Waals surface area contributed by atoms with E-state index in [0.717, 1.165) is 17.5 Å². The number of alkyl halides is 3. The van der Waals surface area contributed by atoms with E-state index in [2.05, 4.69) is 51.1 Å². The average Bonchev–Trinajstić information content (AvgIpc) is 3.09. The van der Waals surface area contributed by atoms with Crippen LogP contribution in [0.2, 0.25) is 0 Å². The Morgan fingerprint density at radius 1 is 0.438 bits per heavy atom. The summed E-state index contributed by atoms with van der Waals surface area (Å²) in [5.41, 5.74) is 1.35. The predicted molar refractivity (Wildman–Crippen MR) is 267 cm³/mol. The average molecular weight is 905 g/mol. The molecule has 0 atom stereocenters. The molecule has 0 aliphatic rings. The van der Waals surface area contributed by atoms with Crippen molar-refractivity contribution in [2.24, 2.45) is 32.5 Å². The van der Waals surface area contributed by atoms with Crippen molar-refractivity contribution < 1.29 is 41.9 Å². The molecule has 0 aliphatic carbocycles. The Bertz CT molecular complexity index is 1680. The molecule has 0 N–H and O–H groups in total. The minimum atomic E-state index is -4.70. The predicted octanol–water partition coefficient (Wildman–Crippen LogP) is 16.3. The third-order valence-corrected chi connectivity index (χ3v) is 8.17. The summed E-state index contributed by atoms with van der Waals surface area (Å²) in [7, 11) is 0. The fraction of sp³-hybridized carbons (Fsp3) is 0.582. The molecule has 0 aromatic heterocycles. The van der Waals surface area contributed by atoms with E-state index in [-0.39, 0.29) is 61.8 Å². The van der Waals surface area contributed by atoms with Crippen LogP contribution in [-0.2, 0) is 36.9 Å². The number of esters is 1. The van der Waals surface area contributed by atoms with Gasteiger partial charge in [0.15, 0.2) is 5.78 Å². The van der Waals surface area contributed by atoms with Gasteiger partial charge < -0.3 is 4.74 Å². The lowest BCUT2D eigenvalue weighted by atomic mass is 9.87. The molecular formula is C55H91F3O6. The molecule has 0 heterocycles. The van der Waals surface area contributed by atoms with E-state index in [1.54, 1.807) is 13.8 Å². The highest BCUT2D eigenvalue weighted by atomic mass is 19.4. The van der Waals surface area contributed by atoms with Gasteiger partial charge in [-0.25, -0.2) is 0 Å². The van der Waals surface area contributed by atoms with E-state index in [1.165, 1.54) is 26.3 Å².